The second-order valence-corrected chi connectivity index (χ2v) is 26.2. The van der Waals surface area contributed by atoms with Crippen molar-refractivity contribution in [1.29, 1.82) is 0 Å². The van der Waals surface area contributed by atoms with Crippen LogP contribution in [0.5, 0.6) is 0 Å². The summed E-state index contributed by atoms with van der Waals surface area (Å²) >= 11 is -0.306. The Labute approximate surface area is 78.0 Å². The molecule has 0 bridgehead atoms. The van der Waals surface area contributed by atoms with Crippen LogP contribution < -0.4 is 29.6 Å². The van der Waals surface area contributed by atoms with Gasteiger partial charge in [0.1, 0.15) is 0 Å². The van der Waals surface area contributed by atoms with Crippen LogP contribution in [0.3, 0.4) is 0 Å². The fourth-order valence-electron chi connectivity index (χ4n) is 0. The van der Waals surface area contributed by atoms with Gasteiger partial charge in [0.25, 0.3) is 0 Å². The van der Waals surface area contributed by atoms with Crippen LogP contribution in [0.1, 0.15) is 1.43 Å². The van der Waals surface area contributed by atoms with Gasteiger partial charge < -0.3 is 1.43 Å². The third-order valence-electron chi connectivity index (χ3n) is 0.800. The number of rotatable bonds is 1. The molecule has 0 nitrogen and oxygen atoms in total. The van der Waals surface area contributed by atoms with Gasteiger partial charge in [-0.3, -0.25) is 0 Å². The molecular formula is C4H13As2Na. The molecule has 0 heterocycles. The molecule has 0 aliphatic heterocycles. The minimum Gasteiger partial charge on any atom is -1.00 e. The van der Waals surface area contributed by atoms with Crippen LogP contribution in [0.25, 0.3) is 0 Å². The summed E-state index contributed by atoms with van der Waals surface area (Å²) in [5.41, 5.74) is 9.81. The molecule has 0 amide bonds. The van der Waals surface area contributed by atoms with Gasteiger partial charge in [-0.05, 0) is 0 Å². The van der Waals surface area contributed by atoms with Crippen molar-refractivity contribution >= 4 is 25.2 Å². The molecule has 0 aromatic rings. The van der Waals surface area contributed by atoms with Crippen LogP contribution in [0, 0.1) is 0 Å². The molecule has 0 aromatic carbocycles. The molecule has 0 spiro atoms. The third-order valence-corrected chi connectivity index (χ3v) is 21.6. The molecule has 0 saturated heterocycles. The quantitative estimate of drug-likeness (QED) is 0.494. The zero-order valence-electron chi connectivity index (χ0n) is 6.89. The van der Waals surface area contributed by atoms with E-state index in [0.29, 0.717) is 0 Å². The summed E-state index contributed by atoms with van der Waals surface area (Å²) in [6, 6.07) is 0. The Kier molecular flexibility index (Phi) is 10.6. The van der Waals surface area contributed by atoms with E-state index in [9.17, 15) is 0 Å². The minimum absolute atomic E-state index is 0. The standard InChI is InChI=1S/C4H12As2.Na.H/c1-5(2)6(3)4;;/h1-4H3;;/q;+1;-1. The maximum Gasteiger partial charge on any atom is 1.00 e. The number of hydrogen-bond donors (Lipinski definition) is 0. The van der Waals surface area contributed by atoms with Crippen LogP contribution in [0.15, 0.2) is 0 Å². The molecule has 0 aromatic heterocycles. The maximum absolute atomic E-state index is 2.45. The average molecular weight is 234 g/mol. The maximum atomic E-state index is 2.45. The zero-order chi connectivity index (χ0) is 5.15. The van der Waals surface area contributed by atoms with E-state index in [1.165, 1.54) is 0 Å². The Morgan fingerprint density at radius 2 is 1.00 bits per heavy atom. The van der Waals surface area contributed by atoms with Crippen LogP contribution in [-0.2, 0) is 0 Å². The Balaban J connectivity index is -0.000000125. The first kappa shape index (κ1) is 11.9. The van der Waals surface area contributed by atoms with E-state index in [1.807, 2.05) is 0 Å². The molecule has 0 fully saturated rings. The largest absolute Gasteiger partial charge is 1.00 e. The Hall–Kier alpha value is 2.12. The second-order valence-electron chi connectivity index (χ2n) is 1.69. The van der Waals surface area contributed by atoms with Gasteiger partial charge in [-0.1, -0.05) is 0 Å². The van der Waals surface area contributed by atoms with E-state index >= 15 is 0 Å². The first-order valence-corrected chi connectivity index (χ1v) is 14.7. The van der Waals surface area contributed by atoms with Crippen LogP contribution >= 0.6 is 0 Å². The van der Waals surface area contributed by atoms with E-state index in [4.69, 9.17) is 0 Å². The first-order valence-electron chi connectivity index (χ1n) is 1.99. The second kappa shape index (κ2) is 6.24. The van der Waals surface area contributed by atoms with Gasteiger partial charge in [-0.2, -0.15) is 0 Å². The van der Waals surface area contributed by atoms with E-state index in [2.05, 4.69) is 22.8 Å². The van der Waals surface area contributed by atoms with Crippen molar-refractivity contribution in [3.05, 3.63) is 0 Å². The normalized spacial score (nSPS) is 9.43. The fraction of sp³-hybridized carbons (Fsp3) is 1.00. The molecular weight excluding hydrogens is 221 g/mol. The SMILES string of the molecule is C[As](C)[As](C)C.[H-].[Na+]. The molecule has 0 radical (unpaired) electrons. The Morgan fingerprint density at radius 1 is 0.857 bits per heavy atom. The van der Waals surface area contributed by atoms with E-state index in [1.54, 1.807) is 0 Å². The van der Waals surface area contributed by atoms with Gasteiger partial charge in [0.2, 0.25) is 0 Å². The molecule has 0 N–H and O–H groups in total. The summed E-state index contributed by atoms with van der Waals surface area (Å²) in [6.07, 6.45) is 0. The molecule has 0 saturated carbocycles. The zero-order valence-corrected chi connectivity index (χ0v) is 11.6. The predicted octanol–water partition coefficient (Wildman–Crippen LogP) is -1.31. The van der Waals surface area contributed by atoms with Crippen molar-refractivity contribution < 1.29 is 31.0 Å². The van der Waals surface area contributed by atoms with Gasteiger partial charge in [0.05, 0.1) is 0 Å². The smallest absolute Gasteiger partial charge is 1.00 e. The Morgan fingerprint density at radius 3 is 1.00 bits per heavy atom. The van der Waals surface area contributed by atoms with E-state index in [0.717, 1.165) is 0 Å². The van der Waals surface area contributed by atoms with Crippen molar-refractivity contribution in [1.82, 2.24) is 0 Å². The van der Waals surface area contributed by atoms with E-state index < -0.39 is 0 Å². The van der Waals surface area contributed by atoms with Crippen molar-refractivity contribution in [2.24, 2.45) is 0 Å². The summed E-state index contributed by atoms with van der Waals surface area (Å²) in [5, 5.41) is 0. The van der Waals surface area contributed by atoms with Crippen molar-refractivity contribution in [2.45, 2.75) is 22.8 Å². The minimum atomic E-state index is -0.153. The molecule has 0 aliphatic carbocycles. The summed E-state index contributed by atoms with van der Waals surface area (Å²) in [6.45, 7) is 0. The summed E-state index contributed by atoms with van der Waals surface area (Å²) < 4.78 is 0. The van der Waals surface area contributed by atoms with Gasteiger partial charge >= 0.3 is 77.6 Å². The van der Waals surface area contributed by atoms with E-state index in [-0.39, 0.29) is 56.2 Å². The van der Waals surface area contributed by atoms with Crippen LogP contribution in [-0.4, -0.2) is 25.2 Å². The predicted molar refractivity (Wildman–Crippen MR) is 36.1 cm³/mol. The monoisotopic (exact) mass is 234 g/mol. The fourth-order valence-corrected chi connectivity index (χ4v) is 0. The molecule has 40 valence electrons. The summed E-state index contributed by atoms with van der Waals surface area (Å²) in [4.78, 5) is 0. The van der Waals surface area contributed by atoms with Crippen LogP contribution in [0.2, 0.25) is 22.8 Å². The summed E-state index contributed by atoms with van der Waals surface area (Å²) in [5.74, 6) is 0. The topological polar surface area (TPSA) is 0 Å². The third kappa shape index (κ3) is 8.12. The van der Waals surface area contributed by atoms with Crippen molar-refractivity contribution in [3.8, 4) is 0 Å². The molecule has 0 aliphatic rings. The summed E-state index contributed by atoms with van der Waals surface area (Å²) in [7, 11) is 0. The first-order chi connectivity index (χ1) is 2.64. The average Bonchev–Trinajstić information content (AvgIpc) is 1.36. The van der Waals surface area contributed by atoms with Gasteiger partial charge in [0, 0.05) is 0 Å². The van der Waals surface area contributed by atoms with Crippen LogP contribution in [0.4, 0.5) is 0 Å². The van der Waals surface area contributed by atoms with Crippen molar-refractivity contribution in [2.75, 3.05) is 0 Å². The van der Waals surface area contributed by atoms with Gasteiger partial charge in [-0.25, -0.2) is 0 Å². The Bertz CT molecular complexity index is 35.0. The van der Waals surface area contributed by atoms with Gasteiger partial charge in [-0.15, -0.1) is 0 Å². The van der Waals surface area contributed by atoms with Crippen molar-refractivity contribution in [3.63, 3.8) is 0 Å². The molecule has 0 unspecified atom stereocenters. The van der Waals surface area contributed by atoms with Gasteiger partial charge in [0.15, 0.2) is 0 Å². The molecule has 3 heteroatoms. The molecule has 0 atom stereocenters. The molecule has 0 rings (SSSR count). The number of hydrogen-bond acceptors (Lipinski definition) is 0. The molecule has 7 heavy (non-hydrogen) atoms.